The number of quaternary nitrogens is 1. The normalized spacial score (nSPS) is 26.7. The van der Waals surface area contributed by atoms with E-state index in [1.165, 1.54) is 70.2 Å². The van der Waals surface area contributed by atoms with E-state index in [1.807, 2.05) is 0 Å². The van der Waals surface area contributed by atoms with Crippen molar-refractivity contribution >= 4 is 23.0 Å². The molecule has 1 saturated heterocycles. The van der Waals surface area contributed by atoms with Crippen LogP contribution in [0.5, 0.6) is 5.75 Å². The predicted octanol–water partition coefficient (Wildman–Crippen LogP) is 6.82. The van der Waals surface area contributed by atoms with Crippen molar-refractivity contribution in [2.24, 2.45) is 5.92 Å². The Labute approximate surface area is 277 Å². The van der Waals surface area contributed by atoms with E-state index in [0.717, 1.165) is 35.6 Å². The number of nitrogens with one attached hydrogen (secondary N) is 1. The van der Waals surface area contributed by atoms with Crippen LogP contribution in [0.3, 0.4) is 0 Å². The molecule has 0 amide bonds. The Hall–Kier alpha value is -2.47. The topological polar surface area (TPSA) is 74.6 Å². The fourth-order valence-corrected chi connectivity index (χ4v) is 8.70. The molecule has 1 N–H and O–H groups in total. The number of hydrogen-bond acceptors (Lipinski definition) is 7. The molecular formula is C36H51N5O4S+2. The molecule has 248 valence electrons. The first-order valence-electron chi connectivity index (χ1n) is 17.3. The highest BCUT2D eigenvalue weighted by Crippen LogP contribution is 2.50. The van der Waals surface area contributed by atoms with E-state index in [9.17, 15) is 4.91 Å². The van der Waals surface area contributed by atoms with Gasteiger partial charge in [0.25, 0.3) is 18.4 Å². The molecule has 2 aromatic carbocycles. The minimum Gasteiger partial charge on any atom is -0.486 e. The lowest BCUT2D eigenvalue weighted by Gasteiger charge is -2.32. The lowest BCUT2D eigenvalue weighted by molar-refractivity contribution is -0.752. The van der Waals surface area contributed by atoms with Gasteiger partial charge in [-0.3, -0.25) is 3.89 Å². The Bertz CT molecular complexity index is 1580. The smallest absolute Gasteiger partial charge is 0.298 e. The number of hydrogen-bond donors (Lipinski definition) is 1. The van der Waals surface area contributed by atoms with Crippen LogP contribution in [0.1, 0.15) is 75.0 Å². The SMILES string of the molecule is CC1CC[N+](C)(C)SNC(CCN(C)C)c2cccc3c2-c2c(C4CCCCC4)c4ccccc4n2C[C@H](CO3)[N+](=O)CC12OO2. The minimum atomic E-state index is -0.882. The number of ether oxygens (including phenoxy) is 1. The van der Waals surface area contributed by atoms with E-state index in [1.54, 1.807) is 12.1 Å². The average molecular weight is 650 g/mol. The van der Waals surface area contributed by atoms with Crippen molar-refractivity contribution in [1.82, 2.24) is 14.2 Å². The second kappa shape index (κ2) is 12.9. The van der Waals surface area contributed by atoms with Crippen LogP contribution in [0.25, 0.3) is 22.2 Å². The van der Waals surface area contributed by atoms with Crippen LogP contribution in [0.2, 0.25) is 0 Å². The second-order valence-electron chi connectivity index (χ2n) is 14.8. The summed E-state index contributed by atoms with van der Waals surface area (Å²) in [7, 11) is 8.79. The van der Waals surface area contributed by atoms with Gasteiger partial charge in [0.05, 0.1) is 32.9 Å². The molecule has 5 aliphatic rings. The average Bonchev–Trinajstić information content (AvgIpc) is 3.75. The van der Waals surface area contributed by atoms with Crippen molar-refractivity contribution in [3.63, 3.8) is 0 Å². The summed E-state index contributed by atoms with van der Waals surface area (Å²) in [5.74, 6) is 0.515. The molecule has 10 heteroatoms. The maximum absolute atomic E-state index is 14.2. The molecule has 46 heavy (non-hydrogen) atoms. The van der Waals surface area contributed by atoms with Gasteiger partial charge in [0.1, 0.15) is 5.75 Å². The van der Waals surface area contributed by atoms with Crippen LogP contribution in [-0.4, -0.2) is 84.4 Å². The molecule has 1 saturated carbocycles. The van der Waals surface area contributed by atoms with Crippen LogP contribution < -0.4 is 9.46 Å². The summed E-state index contributed by atoms with van der Waals surface area (Å²) < 4.78 is 15.1. The molecule has 2 unspecified atom stereocenters. The summed E-state index contributed by atoms with van der Waals surface area (Å²) in [6.45, 7) is 5.00. The van der Waals surface area contributed by atoms with Gasteiger partial charge in [-0.15, -0.1) is 0 Å². The molecule has 1 aliphatic carbocycles. The Morgan fingerprint density at radius 2 is 1.85 bits per heavy atom. The first-order valence-corrected chi connectivity index (χ1v) is 18.0. The van der Waals surface area contributed by atoms with E-state index in [-0.39, 0.29) is 18.5 Å². The second-order valence-corrected chi connectivity index (χ2v) is 16.2. The summed E-state index contributed by atoms with van der Waals surface area (Å²) >= 11 is 1.77. The van der Waals surface area contributed by atoms with E-state index in [4.69, 9.17) is 14.5 Å². The molecule has 1 aromatic heterocycles. The van der Waals surface area contributed by atoms with Crippen LogP contribution in [0, 0.1) is 10.8 Å². The van der Waals surface area contributed by atoms with E-state index >= 15 is 0 Å². The number of para-hydroxylation sites is 1. The summed E-state index contributed by atoms with van der Waals surface area (Å²) in [6.07, 6.45) is 8.01. The standard InChI is InChI=1S/C36H51N5O4S/c1-25-19-21-41(4,5)46-37-30(18-20-38(2)3)28-15-11-17-32-34(28)35-33(26-12-7-6-8-13-26)29-14-9-10-16-31(29)39(35)22-27(23-43-32)40(42)24-36(25)44-45-36/h9-11,14-17,25-27,30,37H,6-8,12-13,18-24H2,1-5H3/q+2/t25?,27-,30?/m1/s1. The van der Waals surface area contributed by atoms with Gasteiger partial charge in [-0.1, -0.05) is 56.5 Å². The molecule has 4 bridgehead atoms. The van der Waals surface area contributed by atoms with E-state index < -0.39 is 11.8 Å². The minimum absolute atomic E-state index is 0.0640. The zero-order chi connectivity index (χ0) is 32.1. The van der Waals surface area contributed by atoms with Gasteiger partial charge >= 0.3 is 0 Å². The van der Waals surface area contributed by atoms with Gasteiger partial charge in [-0.2, -0.15) is 9.78 Å². The lowest BCUT2D eigenvalue weighted by Crippen LogP contribution is -2.44. The van der Waals surface area contributed by atoms with Gasteiger partial charge in [0, 0.05) is 44.5 Å². The van der Waals surface area contributed by atoms with Crippen LogP contribution in [0.15, 0.2) is 42.5 Å². The Morgan fingerprint density at radius 1 is 1.07 bits per heavy atom. The van der Waals surface area contributed by atoms with Crippen molar-refractivity contribution in [3.05, 3.63) is 58.5 Å². The zero-order valence-electron chi connectivity index (χ0n) is 28.2. The zero-order valence-corrected chi connectivity index (χ0v) is 29.0. The molecule has 8 rings (SSSR count). The molecule has 3 aromatic rings. The van der Waals surface area contributed by atoms with Gasteiger partial charge < -0.3 is 14.2 Å². The maximum atomic E-state index is 14.2. The fourth-order valence-electron chi connectivity index (χ4n) is 7.84. The number of rotatable bonds is 4. The molecule has 3 atom stereocenters. The van der Waals surface area contributed by atoms with Crippen LogP contribution >= 0.6 is 12.1 Å². The van der Waals surface area contributed by atoms with Gasteiger partial charge in [0.2, 0.25) is 0 Å². The number of fused-ring (bicyclic) bond motifs is 9. The molecule has 0 radical (unpaired) electrons. The molecule has 1 spiro atoms. The van der Waals surface area contributed by atoms with Crippen molar-refractivity contribution in [1.29, 1.82) is 0 Å². The Balaban J connectivity index is 1.46. The predicted molar refractivity (Wildman–Crippen MR) is 183 cm³/mol. The monoisotopic (exact) mass is 649 g/mol. The first-order chi connectivity index (χ1) is 22.2. The maximum Gasteiger partial charge on any atom is 0.298 e. The first kappa shape index (κ1) is 32.1. The van der Waals surface area contributed by atoms with Crippen LogP contribution in [0.4, 0.5) is 0 Å². The highest BCUT2D eigenvalue weighted by atomic mass is 32.2. The molecular weight excluding hydrogens is 598 g/mol. The summed E-state index contributed by atoms with van der Waals surface area (Å²) in [6, 6.07) is 15.1. The van der Waals surface area contributed by atoms with Crippen molar-refractivity contribution in [3.8, 4) is 17.0 Å². The third-order valence-corrected chi connectivity index (χ3v) is 11.8. The van der Waals surface area contributed by atoms with Crippen molar-refractivity contribution in [2.75, 3.05) is 54.4 Å². The van der Waals surface area contributed by atoms with E-state index in [0.29, 0.717) is 19.1 Å². The molecule has 5 heterocycles. The quantitative estimate of drug-likeness (QED) is 0.109. The lowest BCUT2D eigenvalue weighted by atomic mass is 9.81. The summed E-state index contributed by atoms with van der Waals surface area (Å²) in [4.78, 5) is 27.7. The number of nitrogens with zero attached hydrogens (tertiary/aromatic N) is 4. The summed E-state index contributed by atoms with van der Waals surface area (Å²) in [5.41, 5.74) is 6.32. The third-order valence-electron chi connectivity index (χ3n) is 10.8. The fraction of sp³-hybridized carbons (Fsp3) is 0.611. The highest BCUT2D eigenvalue weighted by molar-refractivity contribution is 7.91. The number of aromatic nitrogens is 1. The summed E-state index contributed by atoms with van der Waals surface area (Å²) in [5, 5.41) is 1.31. The van der Waals surface area contributed by atoms with Crippen LogP contribution in [-0.2, 0) is 16.3 Å². The molecule has 9 nitrogen and oxygen atoms in total. The van der Waals surface area contributed by atoms with Gasteiger partial charge in [-0.25, -0.2) is 4.72 Å². The van der Waals surface area contributed by atoms with Gasteiger partial charge in [-0.05, 0) is 69.1 Å². The molecule has 2 fully saturated rings. The Kier molecular flexibility index (Phi) is 8.97. The highest BCUT2D eigenvalue weighted by Gasteiger charge is 2.60. The molecule has 4 aliphatic heterocycles. The van der Waals surface area contributed by atoms with E-state index in [2.05, 4.69) is 91.8 Å². The Morgan fingerprint density at radius 3 is 2.61 bits per heavy atom. The number of nitroso groups, excluding NO2 is 1. The van der Waals surface area contributed by atoms with Crippen molar-refractivity contribution < 1.29 is 23.2 Å². The number of benzene rings is 2. The largest absolute Gasteiger partial charge is 0.486 e. The van der Waals surface area contributed by atoms with Crippen molar-refractivity contribution in [2.45, 2.75) is 82.2 Å². The third kappa shape index (κ3) is 6.24. The van der Waals surface area contributed by atoms with Gasteiger partial charge in [0.15, 0.2) is 18.7 Å².